The maximum atomic E-state index is 12.8. The minimum atomic E-state index is -1.98. The van der Waals surface area contributed by atoms with E-state index in [9.17, 15) is 50.8 Å². The van der Waals surface area contributed by atoms with E-state index in [1.165, 1.54) is 0 Å². The molecular formula is C15H28N2O12. The van der Waals surface area contributed by atoms with E-state index in [2.05, 4.69) is 0 Å². The fourth-order valence-corrected chi connectivity index (χ4v) is 3.29. The van der Waals surface area contributed by atoms with Crippen molar-refractivity contribution in [3.05, 3.63) is 0 Å². The molecule has 14 heteroatoms. The summed E-state index contributed by atoms with van der Waals surface area (Å²) in [4.78, 5) is 13.3. The molecular weight excluding hydrogens is 400 g/mol. The van der Waals surface area contributed by atoms with Gasteiger partial charge in [-0.15, -0.1) is 0 Å². The van der Waals surface area contributed by atoms with Crippen LogP contribution in [0.2, 0.25) is 0 Å². The third-order valence-electron chi connectivity index (χ3n) is 5.05. The van der Waals surface area contributed by atoms with Crippen LogP contribution in [-0.2, 0) is 14.3 Å². The van der Waals surface area contributed by atoms with E-state index in [4.69, 9.17) is 15.2 Å². The Balaban J connectivity index is 2.45. The SMILES string of the molecule is N[C@@H](CO)C(=O)N(C1O[C@H](CO)[C@H](O)[C@H](O)[C@H]1O)C1O[C@H](CO)[C@H](O)[C@H](O)[C@H]1O. The zero-order chi connectivity index (χ0) is 22.0. The van der Waals surface area contributed by atoms with Crippen LogP contribution in [0.3, 0.4) is 0 Å². The third-order valence-corrected chi connectivity index (χ3v) is 5.05. The van der Waals surface area contributed by atoms with Gasteiger partial charge in [0.1, 0.15) is 54.9 Å². The van der Waals surface area contributed by atoms with Crippen LogP contribution in [0.5, 0.6) is 0 Å². The monoisotopic (exact) mass is 428 g/mol. The number of ether oxygens (including phenoxy) is 2. The van der Waals surface area contributed by atoms with Crippen LogP contribution in [0, 0.1) is 0 Å². The minimum Gasteiger partial charge on any atom is -0.394 e. The van der Waals surface area contributed by atoms with Crippen LogP contribution in [0.15, 0.2) is 0 Å². The molecule has 29 heavy (non-hydrogen) atoms. The topological polar surface area (TPSA) is 247 Å². The van der Waals surface area contributed by atoms with Gasteiger partial charge in [-0.25, -0.2) is 0 Å². The second kappa shape index (κ2) is 9.86. The van der Waals surface area contributed by atoms with Crippen molar-refractivity contribution in [2.45, 2.75) is 67.3 Å². The van der Waals surface area contributed by atoms with E-state index in [0.717, 1.165) is 0 Å². The number of hydrogen-bond acceptors (Lipinski definition) is 13. The summed E-state index contributed by atoms with van der Waals surface area (Å²) in [6.45, 7) is -2.50. The second-order valence-electron chi connectivity index (χ2n) is 6.97. The van der Waals surface area contributed by atoms with Gasteiger partial charge in [-0.2, -0.15) is 0 Å². The number of carbonyl (C=O) groups excluding carboxylic acids is 1. The van der Waals surface area contributed by atoms with Crippen LogP contribution < -0.4 is 5.73 Å². The summed E-state index contributed by atoms with van der Waals surface area (Å²) in [5.41, 5.74) is 5.54. The molecule has 2 heterocycles. The lowest BCUT2D eigenvalue weighted by Gasteiger charge is -2.50. The minimum absolute atomic E-state index is 0.492. The van der Waals surface area contributed by atoms with Gasteiger partial charge in [-0.1, -0.05) is 0 Å². The number of nitrogens with two attached hydrogens (primary N) is 1. The Hall–Kier alpha value is -1.01. The molecule has 0 aliphatic carbocycles. The molecule has 0 aromatic carbocycles. The van der Waals surface area contributed by atoms with Crippen molar-refractivity contribution < 1.29 is 60.2 Å². The predicted octanol–water partition coefficient (Wildman–Crippen LogP) is -7.27. The highest BCUT2D eigenvalue weighted by molar-refractivity contribution is 5.82. The van der Waals surface area contributed by atoms with E-state index >= 15 is 0 Å². The normalized spacial score (nSPS) is 44.3. The number of hydrogen-bond donors (Lipinski definition) is 10. The van der Waals surface area contributed by atoms with Gasteiger partial charge < -0.3 is 61.2 Å². The molecule has 2 unspecified atom stereocenters. The standard InChI is InChI=1S/C15H28N2O12/c16-4(1-18)13(27)17(14-11(25)9(23)7(21)5(2-19)28-14)15-12(26)10(24)8(22)6(3-20)29-15/h4-12,14-15,18-26H,1-3,16H2/t4-,5+,6+,7-,8-,9-,10-,11+,12+,14?,15?/m0/s1. The summed E-state index contributed by atoms with van der Waals surface area (Å²) in [6.07, 6.45) is -17.8. The molecule has 0 aromatic heterocycles. The molecule has 0 bridgehead atoms. The summed E-state index contributed by atoms with van der Waals surface area (Å²) in [5.74, 6) is -1.15. The van der Waals surface area contributed by atoms with Gasteiger partial charge in [0.2, 0.25) is 5.91 Å². The number of nitrogens with zero attached hydrogens (tertiary/aromatic N) is 1. The van der Waals surface area contributed by atoms with Crippen LogP contribution in [0.1, 0.15) is 0 Å². The summed E-state index contributed by atoms with van der Waals surface area (Å²) in [7, 11) is 0. The zero-order valence-electron chi connectivity index (χ0n) is 15.2. The fraction of sp³-hybridized carbons (Fsp3) is 0.933. The maximum absolute atomic E-state index is 12.8. The molecule has 1 amide bonds. The lowest BCUT2D eigenvalue weighted by molar-refractivity contribution is -0.316. The number of carbonyl (C=O) groups is 1. The lowest BCUT2D eigenvalue weighted by Crippen LogP contribution is -2.72. The van der Waals surface area contributed by atoms with E-state index in [1.54, 1.807) is 0 Å². The van der Waals surface area contributed by atoms with Gasteiger partial charge >= 0.3 is 0 Å². The largest absolute Gasteiger partial charge is 0.394 e. The van der Waals surface area contributed by atoms with Gasteiger partial charge in [0.05, 0.1) is 19.8 Å². The number of amides is 1. The highest BCUT2D eigenvalue weighted by atomic mass is 16.6. The quantitative estimate of drug-likeness (QED) is 0.189. The van der Waals surface area contributed by atoms with Crippen molar-refractivity contribution in [2.24, 2.45) is 5.73 Å². The van der Waals surface area contributed by atoms with E-state index in [-0.39, 0.29) is 0 Å². The van der Waals surface area contributed by atoms with Crippen LogP contribution in [0.4, 0.5) is 0 Å². The summed E-state index contributed by atoms with van der Waals surface area (Å²) < 4.78 is 10.6. The number of aliphatic hydroxyl groups is 9. The van der Waals surface area contributed by atoms with Gasteiger partial charge in [0.25, 0.3) is 0 Å². The van der Waals surface area contributed by atoms with E-state index in [0.29, 0.717) is 4.90 Å². The zero-order valence-corrected chi connectivity index (χ0v) is 15.2. The Bertz CT molecular complexity index is 515. The van der Waals surface area contributed by atoms with Crippen LogP contribution >= 0.6 is 0 Å². The molecule has 11 atom stereocenters. The molecule has 0 saturated carbocycles. The Labute approximate surface area is 164 Å². The van der Waals surface area contributed by atoms with E-state index in [1.807, 2.05) is 0 Å². The van der Waals surface area contributed by atoms with Crippen LogP contribution in [-0.4, -0.2) is 144 Å². The third kappa shape index (κ3) is 4.53. The number of aliphatic hydroxyl groups excluding tert-OH is 9. The van der Waals surface area contributed by atoms with Crippen molar-refractivity contribution in [3.8, 4) is 0 Å². The first-order chi connectivity index (χ1) is 13.6. The fourth-order valence-electron chi connectivity index (χ4n) is 3.29. The first-order valence-electron chi connectivity index (χ1n) is 8.90. The molecule has 2 aliphatic rings. The average Bonchev–Trinajstić information content (AvgIpc) is 2.72. The predicted molar refractivity (Wildman–Crippen MR) is 89.4 cm³/mol. The molecule has 170 valence electrons. The average molecular weight is 428 g/mol. The molecule has 0 aromatic rings. The lowest BCUT2D eigenvalue weighted by atomic mass is 9.94. The highest BCUT2D eigenvalue weighted by Gasteiger charge is 2.54. The molecule has 0 radical (unpaired) electrons. The van der Waals surface area contributed by atoms with Gasteiger partial charge in [-0.3, -0.25) is 9.69 Å². The van der Waals surface area contributed by atoms with Gasteiger partial charge in [-0.05, 0) is 0 Å². The summed E-state index contributed by atoms with van der Waals surface area (Å²) in [6, 6.07) is -1.60. The number of rotatable bonds is 6. The molecule has 11 N–H and O–H groups in total. The molecule has 14 nitrogen and oxygen atoms in total. The summed E-state index contributed by atoms with van der Waals surface area (Å²) in [5, 5.41) is 88.5. The maximum Gasteiger partial charge on any atom is 0.246 e. The Kier molecular flexibility index (Phi) is 8.25. The molecule has 2 fully saturated rings. The van der Waals surface area contributed by atoms with Crippen molar-refractivity contribution in [1.29, 1.82) is 0 Å². The van der Waals surface area contributed by atoms with Crippen molar-refractivity contribution in [2.75, 3.05) is 19.8 Å². The van der Waals surface area contributed by atoms with E-state index < -0.39 is 93.1 Å². The second-order valence-corrected chi connectivity index (χ2v) is 6.97. The highest BCUT2D eigenvalue weighted by Crippen LogP contribution is 2.31. The molecule has 0 spiro atoms. The molecule has 2 saturated heterocycles. The molecule has 2 rings (SSSR count). The van der Waals surface area contributed by atoms with Crippen LogP contribution in [0.25, 0.3) is 0 Å². The summed E-state index contributed by atoms with van der Waals surface area (Å²) >= 11 is 0. The first-order valence-corrected chi connectivity index (χ1v) is 8.90. The Morgan fingerprint density at radius 2 is 1.14 bits per heavy atom. The van der Waals surface area contributed by atoms with Crippen molar-refractivity contribution in [3.63, 3.8) is 0 Å². The first kappa shape index (κ1) is 24.3. The molecule has 2 aliphatic heterocycles. The van der Waals surface area contributed by atoms with Gasteiger partial charge in [0, 0.05) is 0 Å². The Morgan fingerprint density at radius 3 is 1.45 bits per heavy atom. The smallest absolute Gasteiger partial charge is 0.246 e. The van der Waals surface area contributed by atoms with Crippen molar-refractivity contribution in [1.82, 2.24) is 4.90 Å². The van der Waals surface area contributed by atoms with Crippen molar-refractivity contribution >= 4 is 5.91 Å². The van der Waals surface area contributed by atoms with Gasteiger partial charge in [0.15, 0.2) is 12.5 Å². The Morgan fingerprint density at radius 1 is 0.759 bits per heavy atom.